The van der Waals surface area contributed by atoms with Gasteiger partial charge in [-0.25, -0.2) is 0 Å². The maximum Gasteiger partial charge on any atom is 0.231 e. The van der Waals surface area contributed by atoms with Crippen LogP contribution in [-0.4, -0.2) is 69.6 Å². The number of aliphatic hydroxyl groups excluding tert-OH is 2. The van der Waals surface area contributed by atoms with E-state index in [1.54, 1.807) is 0 Å². The van der Waals surface area contributed by atoms with Crippen LogP contribution in [0.4, 0.5) is 5.69 Å². The number of fused-ring (bicyclic) bond motifs is 2. The van der Waals surface area contributed by atoms with Gasteiger partial charge in [0.2, 0.25) is 12.7 Å². The third kappa shape index (κ3) is 3.55. The summed E-state index contributed by atoms with van der Waals surface area (Å²) in [5.74, 6) is 1.11. The van der Waals surface area contributed by atoms with Crippen molar-refractivity contribution in [2.75, 3.05) is 25.2 Å². The molecule has 1 saturated heterocycles. The number of carbonyl (C=O) groups is 1. The van der Waals surface area contributed by atoms with Gasteiger partial charge in [-0.05, 0) is 37.8 Å². The fourth-order valence-corrected chi connectivity index (χ4v) is 5.91. The van der Waals surface area contributed by atoms with Gasteiger partial charge in [-0.3, -0.25) is 9.79 Å². The quantitative estimate of drug-likeness (QED) is 0.666. The number of nitrogens with one attached hydrogen (secondary N) is 1. The van der Waals surface area contributed by atoms with E-state index in [1.807, 2.05) is 23.1 Å². The molecule has 0 unspecified atom stereocenters. The minimum Gasteiger partial charge on any atom is -0.454 e. The zero-order chi connectivity index (χ0) is 20.0. The Bertz CT molecular complexity index is 828. The molecular formula is C20H25N3O5S. The first kappa shape index (κ1) is 19.0. The van der Waals surface area contributed by atoms with E-state index in [0.717, 1.165) is 38.0 Å². The smallest absolute Gasteiger partial charge is 0.231 e. The predicted molar refractivity (Wildman–Crippen MR) is 109 cm³/mol. The van der Waals surface area contributed by atoms with E-state index in [0.29, 0.717) is 16.7 Å². The lowest BCUT2D eigenvalue weighted by atomic mass is 9.80. The molecule has 0 radical (unpaired) electrons. The Morgan fingerprint density at radius 2 is 1.97 bits per heavy atom. The fraction of sp³-hybridized carbons (Fsp3) is 0.600. The molecule has 29 heavy (non-hydrogen) atoms. The Morgan fingerprint density at radius 1 is 1.17 bits per heavy atom. The van der Waals surface area contributed by atoms with Crippen molar-refractivity contribution in [1.82, 2.24) is 4.90 Å². The highest BCUT2D eigenvalue weighted by Crippen LogP contribution is 2.43. The van der Waals surface area contributed by atoms with Gasteiger partial charge in [-0.1, -0.05) is 11.8 Å². The molecule has 1 aromatic rings. The van der Waals surface area contributed by atoms with Crippen LogP contribution in [0.25, 0.3) is 0 Å². The fourth-order valence-electron chi connectivity index (χ4n) is 4.54. The number of hydrogen-bond donors (Lipinski definition) is 3. The Hall–Kier alpha value is -1.97. The molecule has 0 spiro atoms. The van der Waals surface area contributed by atoms with Crippen molar-refractivity contribution in [3.63, 3.8) is 0 Å². The third-order valence-corrected chi connectivity index (χ3v) is 7.41. The van der Waals surface area contributed by atoms with Gasteiger partial charge < -0.3 is 29.9 Å². The molecule has 2 fully saturated rings. The number of piperidine rings is 1. The molecule has 1 saturated carbocycles. The molecule has 1 amide bonds. The van der Waals surface area contributed by atoms with Crippen molar-refractivity contribution in [3.05, 3.63) is 18.2 Å². The highest BCUT2D eigenvalue weighted by Gasteiger charge is 2.51. The van der Waals surface area contributed by atoms with E-state index in [2.05, 4.69) is 10.3 Å². The number of aliphatic hydroxyl groups is 2. The summed E-state index contributed by atoms with van der Waals surface area (Å²) < 4.78 is 10.7. The minimum absolute atomic E-state index is 0.0812. The molecule has 3 heterocycles. The first-order chi connectivity index (χ1) is 14.1. The number of amides is 1. The van der Waals surface area contributed by atoms with Crippen LogP contribution in [0.2, 0.25) is 0 Å². The van der Waals surface area contributed by atoms with E-state index in [9.17, 15) is 15.0 Å². The van der Waals surface area contributed by atoms with E-state index < -0.39 is 18.2 Å². The maximum absolute atomic E-state index is 13.2. The minimum atomic E-state index is -0.964. The van der Waals surface area contributed by atoms with Gasteiger partial charge in [-0.2, -0.15) is 0 Å². The van der Waals surface area contributed by atoms with Crippen LogP contribution in [0.3, 0.4) is 0 Å². The average Bonchev–Trinajstić information content (AvgIpc) is 3.37. The summed E-state index contributed by atoms with van der Waals surface area (Å²) in [5, 5.41) is 24.6. The zero-order valence-corrected chi connectivity index (χ0v) is 16.8. The third-order valence-electron chi connectivity index (χ3n) is 6.10. The molecule has 3 aliphatic heterocycles. The molecule has 1 aromatic carbocycles. The Labute approximate surface area is 173 Å². The number of benzene rings is 1. The molecule has 0 aromatic heterocycles. The highest BCUT2D eigenvalue weighted by atomic mass is 32.2. The second-order valence-corrected chi connectivity index (χ2v) is 9.15. The Kier molecular flexibility index (Phi) is 5.05. The van der Waals surface area contributed by atoms with Gasteiger partial charge in [0, 0.05) is 30.1 Å². The molecule has 8 nitrogen and oxygen atoms in total. The van der Waals surface area contributed by atoms with Crippen LogP contribution in [-0.2, 0) is 4.79 Å². The van der Waals surface area contributed by atoms with E-state index in [1.165, 1.54) is 11.8 Å². The van der Waals surface area contributed by atoms with Gasteiger partial charge in [-0.15, -0.1) is 0 Å². The molecule has 3 N–H and O–H groups in total. The SMILES string of the molecule is O=C([C@H]1C[C@@H](O)[C@H](O)[C@@H]2N=C(Nc3ccc4c(c3)OCO4)S[C@@H]21)N1CCCCC1. The topological polar surface area (TPSA) is 104 Å². The lowest BCUT2D eigenvalue weighted by Gasteiger charge is -2.40. The van der Waals surface area contributed by atoms with Crippen molar-refractivity contribution < 1.29 is 24.5 Å². The van der Waals surface area contributed by atoms with Gasteiger partial charge >= 0.3 is 0 Å². The van der Waals surface area contributed by atoms with Crippen molar-refractivity contribution in [3.8, 4) is 11.5 Å². The van der Waals surface area contributed by atoms with Crippen molar-refractivity contribution in [1.29, 1.82) is 0 Å². The number of aliphatic imine (C=N–C) groups is 1. The summed E-state index contributed by atoms with van der Waals surface area (Å²) in [6, 6.07) is 5.05. The van der Waals surface area contributed by atoms with Crippen LogP contribution in [0, 0.1) is 5.92 Å². The number of carbonyl (C=O) groups excluding carboxylic acids is 1. The number of anilines is 1. The zero-order valence-electron chi connectivity index (χ0n) is 16.0. The van der Waals surface area contributed by atoms with Gasteiger partial charge in [0.15, 0.2) is 16.7 Å². The molecule has 5 rings (SSSR count). The number of amidine groups is 1. The summed E-state index contributed by atoms with van der Waals surface area (Å²) in [5.41, 5.74) is 0.799. The van der Waals surface area contributed by atoms with Crippen LogP contribution < -0.4 is 14.8 Å². The number of hydrogen-bond acceptors (Lipinski definition) is 8. The standard InChI is InChI=1S/C20H25N3O5S/c24-13-9-12(19(26)23-6-2-1-3-7-23)18-16(17(13)25)22-20(29-18)21-11-4-5-14-15(8-11)28-10-27-14/h4-5,8,12-13,16-18,24-25H,1-3,6-7,9-10H2,(H,21,22)/t12-,13+,16-,17-,18+/m0/s1. The number of rotatable bonds is 2. The van der Waals surface area contributed by atoms with Gasteiger partial charge in [0.05, 0.1) is 18.1 Å². The number of ether oxygens (including phenoxy) is 2. The first-order valence-corrected chi connectivity index (χ1v) is 11.0. The van der Waals surface area contributed by atoms with E-state index >= 15 is 0 Å². The summed E-state index contributed by atoms with van der Waals surface area (Å²) in [6.07, 6.45) is 1.58. The molecule has 9 heteroatoms. The summed E-state index contributed by atoms with van der Waals surface area (Å²) in [6.45, 7) is 1.77. The second-order valence-electron chi connectivity index (χ2n) is 7.99. The molecular weight excluding hydrogens is 394 g/mol. The maximum atomic E-state index is 13.2. The lowest BCUT2D eigenvalue weighted by molar-refractivity contribution is -0.141. The van der Waals surface area contributed by atoms with Crippen molar-refractivity contribution >= 4 is 28.5 Å². The van der Waals surface area contributed by atoms with Crippen molar-refractivity contribution in [2.45, 2.75) is 49.2 Å². The van der Waals surface area contributed by atoms with Gasteiger partial charge in [0.1, 0.15) is 6.10 Å². The second kappa shape index (κ2) is 7.70. The lowest BCUT2D eigenvalue weighted by Crippen LogP contribution is -2.55. The largest absolute Gasteiger partial charge is 0.454 e. The van der Waals surface area contributed by atoms with Crippen LogP contribution in [0.1, 0.15) is 25.7 Å². The molecule has 5 atom stereocenters. The van der Waals surface area contributed by atoms with Crippen LogP contribution in [0.5, 0.6) is 11.5 Å². The average molecular weight is 420 g/mol. The molecule has 156 valence electrons. The Morgan fingerprint density at radius 3 is 2.79 bits per heavy atom. The first-order valence-electron chi connectivity index (χ1n) is 10.2. The van der Waals surface area contributed by atoms with Crippen LogP contribution >= 0.6 is 11.8 Å². The number of likely N-dealkylation sites (tertiary alicyclic amines) is 1. The molecule has 1 aliphatic carbocycles. The van der Waals surface area contributed by atoms with E-state index in [4.69, 9.17) is 9.47 Å². The predicted octanol–water partition coefficient (Wildman–Crippen LogP) is 1.42. The summed E-state index contributed by atoms with van der Waals surface area (Å²) in [4.78, 5) is 19.7. The monoisotopic (exact) mass is 419 g/mol. The molecule has 0 bridgehead atoms. The van der Waals surface area contributed by atoms with Crippen LogP contribution in [0.15, 0.2) is 23.2 Å². The summed E-state index contributed by atoms with van der Waals surface area (Å²) in [7, 11) is 0. The highest BCUT2D eigenvalue weighted by molar-refractivity contribution is 8.15. The molecule has 4 aliphatic rings. The normalized spacial score (nSPS) is 33.2. The summed E-state index contributed by atoms with van der Waals surface area (Å²) >= 11 is 1.48. The number of thioether (sulfide) groups is 1. The Balaban J connectivity index is 1.33. The van der Waals surface area contributed by atoms with Crippen molar-refractivity contribution in [2.24, 2.45) is 10.9 Å². The number of nitrogens with zero attached hydrogens (tertiary/aromatic N) is 2. The van der Waals surface area contributed by atoms with Gasteiger partial charge in [0.25, 0.3) is 0 Å². The van der Waals surface area contributed by atoms with E-state index in [-0.39, 0.29) is 30.3 Å².